The third-order valence-corrected chi connectivity index (χ3v) is 3.32. The van der Waals surface area contributed by atoms with Gasteiger partial charge in [0.05, 0.1) is 6.20 Å². The Morgan fingerprint density at radius 3 is 2.90 bits per heavy atom. The second-order valence-electron chi connectivity index (χ2n) is 4.88. The van der Waals surface area contributed by atoms with E-state index in [1.54, 1.807) is 6.20 Å². The summed E-state index contributed by atoms with van der Waals surface area (Å²) in [5, 5.41) is 15.0. The van der Waals surface area contributed by atoms with Crippen LogP contribution in [0.2, 0.25) is 5.02 Å². The topological polar surface area (TPSA) is 62.7 Å². The van der Waals surface area contributed by atoms with Gasteiger partial charge in [0.1, 0.15) is 0 Å². The Morgan fingerprint density at radius 1 is 1.24 bits per heavy atom. The molecule has 5 nitrogen and oxygen atoms in total. The summed E-state index contributed by atoms with van der Waals surface area (Å²) in [5.74, 6) is 1.18. The standard InChI is InChI=1S/C15H20ClN5/c1-3-4-5-8-17-15-20-14(10-18-21-15)19-13-9-12(16)7-6-11(13)2/h6-7,9-10H,3-5,8H2,1-2H3,(H2,17,19,20,21). The van der Waals surface area contributed by atoms with Crippen molar-refractivity contribution in [2.45, 2.75) is 33.1 Å². The van der Waals surface area contributed by atoms with Crippen LogP contribution in [-0.2, 0) is 0 Å². The normalized spacial score (nSPS) is 10.4. The molecular formula is C15H20ClN5. The van der Waals surface area contributed by atoms with E-state index in [1.807, 2.05) is 25.1 Å². The van der Waals surface area contributed by atoms with Crippen molar-refractivity contribution in [1.82, 2.24) is 15.2 Å². The molecule has 2 N–H and O–H groups in total. The van der Waals surface area contributed by atoms with Gasteiger partial charge >= 0.3 is 0 Å². The molecule has 112 valence electrons. The molecule has 0 spiro atoms. The van der Waals surface area contributed by atoms with Crippen molar-refractivity contribution >= 4 is 29.1 Å². The van der Waals surface area contributed by atoms with Gasteiger partial charge in [0.2, 0.25) is 5.95 Å². The van der Waals surface area contributed by atoms with E-state index in [2.05, 4.69) is 32.7 Å². The smallest absolute Gasteiger partial charge is 0.244 e. The summed E-state index contributed by atoms with van der Waals surface area (Å²) in [6.07, 6.45) is 5.08. The summed E-state index contributed by atoms with van der Waals surface area (Å²) in [6.45, 7) is 5.04. The van der Waals surface area contributed by atoms with Crippen LogP contribution in [0.1, 0.15) is 31.7 Å². The molecule has 1 aromatic heterocycles. The van der Waals surface area contributed by atoms with E-state index in [4.69, 9.17) is 11.6 Å². The highest BCUT2D eigenvalue weighted by Gasteiger charge is 2.04. The molecule has 0 radical (unpaired) electrons. The van der Waals surface area contributed by atoms with Gasteiger partial charge in [-0.05, 0) is 31.0 Å². The molecule has 0 aliphatic rings. The Balaban J connectivity index is 2.02. The number of benzene rings is 1. The lowest BCUT2D eigenvalue weighted by Crippen LogP contribution is -2.07. The fraction of sp³-hybridized carbons (Fsp3) is 0.400. The largest absolute Gasteiger partial charge is 0.353 e. The summed E-state index contributed by atoms with van der Waals surface area (Å²) < 4.78 is 0. The van der Waals surface area contributed by atoms with E-state index in [9.17, 15) is 0 Å². The van der Waals surface area contributed by atoms with E-state index in [-0.39, 0.29) is 0 Å². The zero-order valence-corrected chi connectivity index (χ0v) is 13.1. The van der Waals surface area contributed by atoms with Gasteiger partial charge in [0, 0.05) is 17.3 Å². The Hall–Kier alpha value is -1.88. The zero-order chi connectivity index (χ0) is 15.1. The fourth-order valence-corrected chi connectivity index (χ4v) is 2.05. The molecular weight excluding hydrogens is 286 g/mol. The minimum atomic E-state index is 0.538. The SMILES string of the molecule is CCCCCNc1nncc(Nc2cc(Cl)ccc2C)n1. The van der Waals surface area contributed by atoms with Crippen molar-refractivity contribution in [1.29, 1.82) is 0 Å². The van der Waals surface area contributed by atoms with Crippen molar-refractivity contribution in [3.63, 3.8) is 0 Å². The molecule has 1 aromatic carbocycles. The Labute approximate surface area is 130 Å². The number of unbranched alkanes of at least 4 members (excludes halogenated alkanes) is 2. The van der Waals surface area contributed by atoms with Crippen LogP contribution >= 0.6 is 11.6 Å². The lowest BCUT2D eigenvalue weighted by atomic mass is 10.2. The highest BCUT2D eigenvalue weighted by atomic mass is 35.5. The van der Waals surface area contributed by atoms with Crippen LogP contribution in [0.4, 0.5) is 17.5 Å². The average Bonchev–Trinajstić information content (AvgIpc) is 2.48. The summed E-state index contributed by atoms with van der Waals surface area (Å²) in [4.78, 5) is 4.40. The molecule has 0 aliphatic heterocycles. The molecule has 0 amide bonds. The molecule has 0 unspecified atom stereocenters. The lowest BCUT2D eigenvalue weighted by Gasteiger charge is -2.10. The maximum Gasteiger partial charge on any atom is 0.244 e. The van der Waals surface area contributed by atoms with Gasteiger partial charge in [-0.1, -0.05) is 37.4 Å². The number of halogens is 1. The van der Waals surface area contributed by atoms with Gasteiger partial charge in [-0.3, -0.25) is 0 Å². The number of hydrogen-bond donors (Lipinski definition) is 2. The highest BCUT2D eigenvalue weighted by Crippen LogP contribution is 2.23. The number of rotatable bonds is 7. The molecule has 0 atom stereocenters. The first-order chi connectivity index (χ1) is 10.2. The van der Waals surface area contributed by atoms with Gasteiger partial charge in [0.25, 0.3) is 0 Å². The Kier molecular flexibility index (Phi) is 5.75. The molecule has 1 heterocycles. The van der Waals surface area contributed by atoms with Crippen LogP contribution in [0.3, 0.4) is 0 Å². The highest BCUT2D eigenvalue weighted by molar-refractivity contribution is 6.30. The van der Waals surface area contributed by atoms with Crippen molar-refractivity contribution in [2.75, 3.05) is 17.2 Å². The van der Waals surface area contributed by atoms with E-state index in [0.29, 0.717) is 16.8 Å². The van der Waals surface area contributed by atoms with Crippen molar-refractivity contribution < 1.29 is 0 Å². The number of aromatic nitrogens is 3. The van der Waals surface area contributed by atoms with E-state index >= 15 is 0 Å². The fourth-order valence-electron chi connectivity index (χ4n) is 1.88. The van der Waals surface area contributed by atoms with Crippen molar-refractivity contribution in [2.24, 2.45) is 0 Å². The number of anilines is 3. The lowest BCUT2D eigenvalue weighted by molar-refractivity contribution is 0.738. The maximum absolute atomic E-state index is 6.01. The molecule has 0 saturated carbocycles. The average molecular weight is 306 g/mol. The summed E-state index contributed by atoms with van der Waals surface area (Å²) in [5.41, 5.74) is 2.01. The first-order valence-corrected chi connectivity index (χ1v) is 7.53. The first-order valence-electron chi connectivity index (χ1n) is 7.16. The molecule has 21 heavy (non-hydrogen) atoms. The predicted octanol–water partition coefficient (Wildman–Crippen LogP) is 4.18. The Bertz CT molecular complexity index is 588. The van der Waals surface area contributed by atoms with E-state index in [1.165, 1.54) is 12.8 Å². The summed E-state index contributed by atoms with van der Waals surface area (Å²) in [7, 11) is 0. The molecule has 2 rings (SSSR count). The minimum absolute atomic E-state index is 0.538. The van der Waals surface area contributed by atoms with Crippen LogP contribution in [0.5, 0.6) is 0 Å². The number of aryl methyl sites for hydroxylation is 1. The molecule has 0 bridgehead atoms. The van der Waals surface area contributed by atoms with Gasteiger partial charge in [-0.25, -0.2) is 0 Å². The van der Waals surface area contributed by atoms with Gasteiger partial charge in [0.15, 0.2) is 5.82 Å². The Morgan fingerprint density at radius 2 is 2.10 bits per heavy atom. The summed E-state index contributed by atoms with van der Waals surface area (Å²) in [6, 6.07) is 5.69. The summed E-state index contributed by atoms with van der Waals surface area (Å²) >= 11 is 6.01. The maximum atomic E-state index is 6.01. The van der Waals surface area contributed by atoms with Crippen molar-refractivity contribution in [3.8, 4) is 0 Å². The molecule has 0 aliphatic carbocycles. The van der Waals surface area contributed by atoms with Gasteiger partial charge in [-0.2, -0.15) is 10.1 Å². The van der Waals surface area contributed by atoms with Crippen LogP contribution in [-0.4, -0.2) is 21.7 Å². The second kappa shape index (κ2) is 7.78. The third kappa shape index (κ3) is 4.86. The van der Waals surface area contributed by atoms with Crippen molar-refractivity contribution in [3.05, 3.63) is 35.0 Å². The van der Waals surface area contributed by atoms with E-state index in [0.717, 1.165) is 24.2 Å². The number of nitrogens with one attached hydrogen (secondary N) is 2. The van der Waals surface area contributed by atoms with Crippen LogP contribution < -0.4 is 10.6 Å². The third-order valence-electron chi connectivity index (χ3n) is 3.08. The van der Waals surface area contributed by atoms with Crippen LogP contribution in [0, 0.1) is 6.92 Å². The van der Waals surface area contributed by atoms with E-state index < -0.39 is 0 Å². The zero-order valence-electron chi connectivity index (χ0n) is 12.4. The molecule has 2 aromatic rings. The monoisotopic (exact) mass is 305 g/mol. The first kappa shape index (κ1) is 15.5. The molecule has 0 saturated heterocycles. The van der Waals surface area contributed by atoms with Gasteiger partial charge < -0.3 is 10.6 Å². The van der Waals surface area contributed by atoms with Crippen LogP contribution in [0.25, 0.3) is 0 Å². The molecule has 0 fully saturated rings. The minimum Gasteiger partial charge on any atom is -0.353 e. The predicted molar refractivity (Wildman–Crippen MR) is 87.3 cm³/mol. The quantitative estimate of drug-likeness (QED) is 0.751. The van der Waals surface area contributed by atoms with Crippen LogP contribution in [0.15, 0.2) is 24.4 Å². The number of hydrogen-bond acceptors (Lipinski definition) is 5. The molecule has 6 heteroatoms. The number of nitrogens with zero attached hydrogens (tertiary/aromatic N) is 3. The van der Waals surface area contributed by atoms with Gasteiger partial charge in [-0.15, -0.1) is 5.10 Å². The second-order valence-corrected chi connectivity index (χ2v) is 5.32.